The number of benzene rings is 2. The van der Waals surface area contributed by atoms with Gasteiger partial charge in [-0.3, -0.25) is 13.9 Å². The van der Waals surface area contributed by atoms with E-state index in [1.165, 1.54) is 17.0 Å². The first-order chi connectivity index (χ1) is 17.8. The molecule has 0 heterocycles. The number of amides is 2. The summed E-state index contributed by atoms with van der Waals surface area (Å²) in [6.07, 6.45) is 6.11. The molecule has 0 spiro atoms. The number of carbonyl (C=O) groups excluding carboxylic acids is 2. The fourth-order valence-corrected chi connectivity index (χ4v) is 5.53. The Balaban J connectivity index is 1.87. The van der Waals surface area contributed by atoms with E-state index in [0.29, 0.717) is 11.3 Å². The number of halogens is 1. The van der Waals surface area contributed by atoms with Gasteiger partial charge in [-0.05, 0) is 60.6 Å². The van der Waals surface area contributed by atoms with Gasteiger partial charge in [0.1, 0.15) is 18.4 Å². The summed E-state index contributed by atoms with van der Waals surface area (Å²) >= 11 is 0. The summed E-state index contributed by atoms with van der Waals surface area (Å²) in [5, 5.41) is 3.06. The van der Waals surface area contributed by atoms with E-state index < -0.39 is 34.3 Å². The molecule has 2 aromatic rings. The molecular formula is C29H40FN3O4S. The zero-order valence-corrected chi connectivity index (χ0v) is 23.9. The van der Waals surface area contributed by atoms with Gasteiger partial charge in [0.25, 0.3) is 0 Å². The standard InChI is InChI=1S/C29H40FN3O4S/c1-21(28(35)31-25-9-7-6-8-10-25)32(19-22-11-15-24(30)16-12-22)27(34)20-33(38(5,36)37)26-17-13-23(14-18-26)29(2,3)4/h11-18,21,25H,6-10,19-20H2,1-5H3,(H,31,35)/t21-/m0/s1. The monoisotopic (exact) mass is 545 g/mol. The second kappa shape index (κ2) is 12.3. The maximum absolute atomic E-state index is 13.7. The van der Waals surface area contributed by atoms with E-state index >= 15 is 0 Å². The zero-order chi connectivity index (χ0) is 28.1. The Labute approximate surface area is 226 Å². The molecule has 0 saturated heterocycles. The molecule has 2 aromatic carbocycles. The van der Waals surface area contributed by atoms with Crippen LogP contribution < -0.4 is 9.62 Å². The first-order valence-corrected chi connectivity index (χ1v) is 15.0. The van der Waals surface area contributed by atoms with E-state index in [0.717, 1.165) is 48.2 Å². The van der Waals surface area contributed by atoms with Crippen molar-refractivity contribution >= 4 is 27.5 Å². The normalized spacial score (nSPS) is 15.5. The summed E-state index contributed by atoms with van der Waals surface area (Å²) in [6, 6.07) is 12.0. The van der Waals surface area contributed by atoms with Crippen molar-refractivity contribution in [3.05, 3.63) is 65.5 Å². The third kappa shape index (κ3) is 8.03. The van der Waals surface area contributed by atoms with Crippen molar-refractivity contribution in [1.82, 2.24) is 10.2 Å². The molecule has 208 valence electrons. The summed E-state index contributed by atoms with van der Waals surface area (Å²) in [6.45, 7) is 7.41. The van der Waals surface area contributed by atoms with Gasteiger partial charge < -0.3 is 10.2 Å². The van der Waals surface area contributed by atoms with Gasteiger partial charge >= 0.3 is 0 Å². The molecule has 0 aromatic heterocycles. The van der Waals surface area contributed by atoms with Crippen LogP contribution in [0.2, 0.25) is 0 Å². The molecule has 9 heteroatoms. The molecule has 0 bridgehead atoms. The molecule has 38 heavy (non-hydrogen) atoms. The highest BCUT2D eigenvalue weighted by Gasteiger charge is 2.31. The fraction of sp³-hybridized carbons (Fsp3) is 0.517. The van der Waals surface area contributed by atoms with Crippen LogP contribution in [0.15, 0.2) is 48.5 Å². The third-order valence-electron chi connectivity index (χ3n) is 7.09. The molecule has 0 aliphatic heterocycles. The minimum Gasteiger partial charge on any atom is -0.352 e. The van der Waals surface area contributed by atoms with Crippen LogP contribution in [-0.2, 0) is 31.6 Å². The van der Waals surface area contributed by atoms with Crippen molar-refractivity contribution in [2.75, 3.05) is 17.1 Å². The van der Waals surface area contributed by atoms with Crippen molar-refractivity contribution in [1.29, 1.82) is 0 Å². The minimum absolute atomic E-state index is 0.0406. The highest BCUT2D eigenvalue weighted by atomic mass is 32.2. The van der Waals surface area contributed by atoms with Gasteiger partial charge in [0.15, 0.2) is 0 Å². The van der Waals surface area contributed by atoms with Gasteiger partial charge in [0.2, 0.25) is 21.8 Å². The van der Waals surface area contributed by atoms with Crippen LogP contribution in [0, 0.1) is 5.82 Å². The van der Waals surface area contributed by atoms with Gasteiger partial charge in [0.05, 0.1) is 11.9 Å². The Morgan fingerprint density at radius 3 is 2.11 bits per heavy atom. The van der Waals surface area contributed by atoms with Crippen molar-refractivity contribution in [2.45, 2.75) is 83.8 Å². The zero-order valence-electron chi connectivity index (χ0n) is 23.0. The van der Waals surface area contributed by atoms with Gasteiger partial charge in [-0.1, -0.05) is 64.3 Å². The van der Waals surface area contributed by atoms with E-state index in [9.17, 15) is 22.4 Å². The summed E-state index contributed by atoms with van der Waals surface area (Å²) in [7, 11) is -3.81. The summed E-state index contributed by atoms with van der Waals surface area (Å²) < 4.78 is 40.1. The summed E-state index contributed by atoms with van der Waals surface area (Å²) in [4.78, 5) is 28.2. The fourth-order valence-electron chi connectivity index (χ4n) is 4.68. The van der Waals surface area contributed by atoms with Gasteiger partial charge in [-0.2, -0.15) is 0 Å². The van der Waals surface area contributed by atoms with Gasteiger partial charge in [-0.15, -0.1) is 0 Å². The lowest BCUT2D eigenvalue weighted by Crippen LogP contribution is -2.52. The molecule has 1 saturated carbocycles. The first-order valence-electron chi connectivity index (χ1n) is 13.2. The van der Waals surface area contributed by atoms with Crippen LogP contribution in [0.1, 0.15) is 70.9 Å². The molecule has 1 aliphatic carbocycles. The molecule has 1 N–H and O–H groups in total. The number of hydrogen-bond acceptors (Lipinski definition) is 4. The van der Waals surface area contributed by atoms with Crippen molar-refractivity contribution in [2.24, 2.45) is 0 Å². The van der Waals surface area contributed by atoms with Crippen LogP contribution in [0.25, 0.3) is 0 Å². The molecule has 1 fully saturated rings. The average molecular weight is 546 g/mol. The van der Waals surface area contributed by atoms with Gasteiger partial charge in [0, 0.05) is 12.6 Å². The van der Waals surface area contributed by atoms with Crippen molar-refractivity contribution < 1.29 is 22.4 Å². The number of sulfonamides is 1. The predicted octanol–water partition coefficient (Wildman–Crippen LogP) is 4.76. The SMILES string of the molecule is C[C@@H](C(=O)NC1CCCCC1)N(Cc1ccc(F)cc1)C(=O)CN(c1ccc(C(C)(C)C)cc1)S(C)(=O)=O. The average Bonchev–Trinajstić information content (AvgIpc) is 2.86. The highest BCUT2D eigenvalue weighted by molar-refractivity contribution is 7.92. The summed E-state index contributed by atoms with van der Waals surface area (Å²) in [5.74, 6) is -1.21. The van der Waals surface area contributed by atoms with Crippen LogP contribution >= 0.6 is 0 Å². The lowest BCUT2D eigenvalue weighted by atomic mass is 9.87. The van der Waals surface area contributed by atoms with E-state index in [4.69, 9.17) is 0 Å². The van der Waals surface area contributed by atoms with Crippen LogP contribution in [0.3, 0.4) is 0 Å². The maximum Gasteiger partial charge on any atom is 0.244 e. The first kappa shape index (κ1) is 29.6. The Morgan fingerprint density at radius 2 is 1.58 bits per heavy atom. The maximum atomic E-state index is 13.7. The van der Waals surface area contributed by atoms with Gasteiger partial charge in [-0.25, -0.2) is 12.8 Å². The van der Waals surface area contributed by atoms with E-state index in [1.54, 1.807) is 31.2 Å². The van der Waals surface area contributed by atoms with E-state index in [2.05, 4.69) is 26.1 Å². The highest BCUT2D eigenvalue weighted by Crippen LogP contribution is 2.26. The second-order valence-corrected chi connectivity index (χ2v) is 13.1. The number of rotatable bonds is 9. The Kier molecular flexibility index (Phi) is 9.57. The van der Waals surface area contributed by atoms with Crippen molar-refractivity contribution in [3.8, 4) is 0 Å². The van der Waals surface area contributed by atoms with E-state index in [1.807, 2.05) is 12.1 Å². The molecule has 3 rings (SSSR count). The molecular weight excluding hydrogens is 505 g/mol. The smallest absolute Gasteiger partial charge is 0.244 e. The second-order valence-electron chi connectivity index (χ2n) is 11.2. The number of nitrogens with zero attached hydrogens (tertiary/aromatic N) is 2. The number of carbonyl (C=O) groups is 2. The van der Waals surface area contributed by atoms with E-state index in [-0.39, 0.29) is 23.9 Å². The van der Waals surface area contributed by atoms with Crippen LogP contribution in [0.5, 0.6) is 0 Å². The number of hydrogen-bond donors (Lipinski definition) is 1. The summed E-state index contributed by atoms with van der Waals surface area (Å²) in [5.41, 5.74) is 1.93. The number of nitrogens with one attached hydrogen (secondary N) is 1. The Hall–Kier alpha value is -2.94. The predicted molar refractivity (Wildman–Crippen MR) is 149 cm³/mol. The number of anilines is 1. The van der Waals surface area contributed by atoms with Crippen molar-refractivity contribution in [3.63, 3.8) is 0 Å². The molecule has 1 aliphatic rings. The molecule has 7 nitrogen and oxygen atoms in total. The minimum atomic E-state index is -3.81. The topological polar surface area (TPSA) is 86.8 Å². The third-order valence-corrected chi connectivity index (χ3v) is 8.23. The molecule has 1 atom stereocenters. The largest absolute Gasteiger partial charge is 0.352 e. The van der Waals surface area contributed by atoms with Crippen LogP contribution in [0.4, 0.5) is 10.1 Å². The Morgan fingerprint density at radius 1 is 1.00 bits per heavy atom. The lowest BCUT2D eigenvalue weighted by Gasteiger charge is -2.33. The quantitative estimate of drug-likeness (QED) is 0.493. The molecule has 0 radical (unpaired) electrons. The van der Waals surface area contributed by atoms with Crippen LogP contribution in [-0.4, -0.2) is 50.0 Å². The lowest BCUT2D eigenvalue weighted by molar-refractivity contribution is -0.139. The molecule has 2 amide bonds. The Bertz CT molecular complexity index is 1200. The molecule has 0 unspecified atom stereocenters.